The highest BCUT2D eigenvalue weighted by Gasteiger charge is 2.09. The summed E-state index contributed by atoms with van der Waals surface area (Å²) in [5.41, 5.74) is 3.25. The number of hydrogen-bond acceptors (Lipinski definition) is 5. The van der Waals surface area contributed by atoms with Crippen molar-refractivity contribution < 1.29 is 0 Å². The molecule has 0 spiro atoms. The Morgan fingerprint density at radius 1 is 1.00 bits per heavy atom. The molecule has 0 aliphatic heterocycles. The van der Waals surface area contributed by atoms with Gasteiger partial charge in [0.2, 0.25) is 0 Å². The molecule has 3 rings (SSSR count). The van der Waals surface area contributed by atoms with E-state index in [4.69, 9.17) is 0 Å². The van der Waals surface area contributed by atoms with E-state index in [0.29, 0.717) is 5.56 Å². The summed E-state index contributed by atoms with van der Waals surface area (Å²) in [6, 6.07) is 15.4. The third-order valence-corrected chi connectivity index (χ3v) is 4.07. The fraction of sp³-hybridized carbons (Fsp3) is 0.0588. The van der Waals surface area contributed by atoms with Crippen LogP contribution in [0.4, 0.5) is 0 Å². The second-order valence-corrected chi connectivity index (χ2v) is 5.49. The lowest BCUT2D eigenvalue weighted by atomic mass is 10.2. The number of hydrogen-bond donors (Lipinski definition) is 0. The molecule has 3 aromatic rings. The molecular formula is C17H12N4S. The maximum Gasteiger partial charge on any atom is 0.115 e. The molecule has 0 saturated carbocycles. The van der Waals surface area contributed by atoms with Gasteiger partial charge in [-0.1, -0.05) is 12.1 Å². The van der Waals surface area contributed by atoms with E-state index < -0.39 is 0 Å². The Labute approximate surface area is 132 Å². The van der Waals surface area contributed by atoms with E-state index in [-0.39, 0.29) is 0 Å². The number of aromatic nitrogens is 3. The lowest BCUT2D eigenvalue weighted by Crippen LogP contribution is -1.93. The van der Waals surface area contributed by atoms with Crippen molar-refractivity contribution in [2.24, 2.45) is 0 Å². The van der Waals surface area contributed by atoms with Gasteiger partial charge in [0.05, 0.1) is 17.0 Å². The van der Waals surface area contributed by atoms with Crippen LogP contribution in [-0.2, 0) is 5.75 Å². The summed E-state index contributed by atoms with van der Waals surface area (Å²) in [4.78, 5) is 13.0. The fourth-order valence-electron chi connectivity index (χ4n) is 1.93. The third-order valence-electron chi connectivity index (χ3n) is 3.01. The van der Waals surface area contributed by atoms with E-state index in [0.717, 1.165) is 27.7 Å². The van der Waals surface area contributed by atoms with Crippen molar-refractivity contribution >= 4 is 11.8 Å². The van der Waals surface area contributed by atoms with Crippen LogP contribution >= 0.6 is 11.8 Å². The van der Waals surface area contributed by atoms with Gasteiger partial charge in [-0.15, -0.1) is 11.8 Å². The number of rotatable bonds is 4. The molecule has 0 aliphatic carbocycles. The minimum Gasteiger partial charge on any atom is -0.264 e. The molecule has 0 aliphatic rings. The van der Waals surface area contributed by atoms with Crippen LogP contribution in [0.15, 0.2) is 66.1 Å². The molecule has 0 atom stereocenters. The van der Waals surface area contributed by atoms with Crippen molar-refractivity contribution in [3.63, 3.8) is 0 Å². The normalized spacial score (nSPS) is 10.1. The number of nitrogens with zero attached hydrogens (tertiary/aromatic N) is 4. The number of pyridine rings is 3. The molecule has 3 aromatic heterocycles. The summed E-state index contributed by atoms with van der Waals surface area (Å²) < 4.78 is 0. The monoisotopic (exact) mass is 304 g/mol. The minimum atomic E-state index is 0.577. The van der Waals surface area contributed by atoms with Gasteiger partial charge in [0, 0.05) is 24.3 Å². The van der Waals surface area contributed by atoms with Crippen LogP contribution < -0.4 is 0 Å². The van der Waals surface area contributed by atoms with Crippen molar-refractivity contribution in [2.75, 3.05) is 0 Å². The van der Waals surface area contributed by atoms with Gasteiger partial charge in [0.25, 0.3) is 0 Å². The Hall–Kier alpha value is -2.71. The smallest absolute Gasteiger partial charge is 0.115 e. The van der Waals surface area contributed by atoms with Gasteiger partial charge >= 0.3 is 0 Å². The predicted octanol–water partition coefficient (Wildman–Crippen LogP) is 3.70. The second kappa shape index (κ2) is 6.83. The van der Waals surface area contributed by atoms with Crippen LogP contribution in [-0.4, -0.2) is 15.0 Å². The fourth-order valence-corrected chi connectivity index (χ4v) is 2.83. The molecule has 0 fully saturated rings. The first-order valence-corrected chi connectivity index (χ1v) is 7.69. The Balaban J connectivity index is 1.87. The van der Waals surface area contributed by atoms with Gasteiger partial charge < -0.3 is 0 Å². The summed E-state index contributed by atoms with van der Waals surface area (Å²) in [6.45, 7) is 0. The average Bonchev–Trinajstić information content (AvgIpc) is 2.61. The first kappa shape index (κ1) is 14.2. The van der Waals surface area contributed by atoms with Crippen molar-refractivity contribution in [1.82, 2.24) is 15.0 Å². The van der Waals surface area contributed by atoms with Gasteiger partial charge in [0.15, 0.2) is 0 Å². The highest BCUT2D eigenvalue weighted by molar-refractivity contribution is 7.98. The zero-order valence-electron chi connectivity index (χ0n) is 11.7. The summed E-state index contributed by atoms with van der Waals surface area (Å²) in [5.74, 6) is 0.723. The van der Waals surface area contributed by atoms with Crippen LogP contribution in [0.1, 0.15) is 11.1 Å². The molecule has 22 heavy (non-hydrogen) atoms. The van der Waals surface area contributed by atoms with Crippen molar-refractivity contribution in [3.05, 3.63) is 72.2 Å². The summed E-state index contributed by atoms with van der Waals surface area (Å²) in [6.07, 6.45) is 5.30. The van der Waals surface area contributed by atoms with E-state index >= 15 is 0 Å². The van der Waals surface area contributed by atoms with E-state index in [9.17, 15) is 5.26 Å². The molecule has 4 nitrogen and oxygen atoms in total. The standard InChI is InChI=1S/C17H12N4S/c18-10-14-6-7-16(15-5-1-2-9-20-15)21-17(14)22-12-13-4-3-8-19-11-13/h1-9,11H,12H2. The van der Waals surface area contributed by atoms with Crippen LogP contribution in [0.3, 0.4) is 0 Å². The van der Waals surface area contributed by atoms with E-state index in [1.54, 1.807) is 18.5 Å². The maximum absolute atomic E-state index is 9.25. The molecule has 5 heteroatoms. The maximum atomic E-state index is 9.25. The molecule has 0 saturated heterocycles. The lowest BCUT2D eigenvalue weighted by molar-refractivity contribution is 1.10. The quantitative estimate of drug-likeness (QED) is 0.688. The van der Waals surface area contributed by atoms with Gasteiger partial charge in [-0.3, -0.25) is 9.97 Å². The van der Waals surface area contributed by atoms with Crippen LogP contribution in [0, 0.1) is 11.3 Å². The molecule has 0 N–H and O–H groups in total. The molecule has 106 valence electrons. The summed E-state index contributed by atoms with van der Waals surface area (Å²) >= 11 is 1.53. The van der Waals surface area contributed by atoms with Crippen LogP contribution in [0.2, 0.25) is 0 Å². The summed E-state index contributed by atoms with van der Waals surface area (Å²) in [5, 5.41) is 9.96. The average molecular weight is 304 g/mol. The van der Waals surface area contributed by atoms with Gasteiger partial charge in [-0.05, 0) is 35.9 Å². The molecule has 0 aromatic carbocycles. The third kappa shape index (κ3) is 3.30. The Kier molecular flexibility index (Phi) is 4.42. The zero-order valence-corrected chi connectivity index (χ0v) is 12.5. The van der Waals surface area contributed by atoms with Crippen molar-refractivity contribution in [2.45, 2.75) is 10.8 Å². The Morgan fingerprint density at radius 2 is 1.95 bits per heavy atom. The Bertz CT molecular complexity index is 798. The molecular weight excluding hydrogens is 292 g/mol. The van der Waals surface area contributed by atoms with E-state index in [1.165, 1.54) is 11.8 Å². The van der Waals surface area contributed by atoms with Crippen LogP contribution in [0.25, 0.3) is 11.4 Å². The first-order valence-electron chi connectivity index (χ1n) is 6.71. The zero-order chi connectivity index (χ0) is 15.2. The number of nitriles is 1. The SMILES string of the molecule is N#Cc1ccc(-c2ccccn2)nc1SCc1cccnc1. The topological polar surface area (TPSA) is 62.5 Å². The lowest BCUT2D eigenvalue weighted by Gasteiger charge is -2.06. The molecule has 0 radical (unpaired) electrons. The van der Waals surface area contributed by atoms with Crippen molar-refractivity contribution in [1.29, 1.82) is 5.26 Å². The van der Waals surface area contributed by atoms with Gasteiger partial charge in [-0.2, -0.15) is 5.26 Å². The Morgan fingerprint density at radius 3 is 2.68 bits per heavy atom. The molecule has 0 bridgehead atoms. The molecule has 0 amide bonds. The highest BCUT2D eigenvalue weighted by Crippen LogP contribution is 2.26. The van der Waals surface area contributed by atoms with Gasteiger partial charge in [-0.25, -0.2) is 4.98 Å². The summed E-state index contributed by atoms with van der Waals surface area (Å²) in [7, 11) is 0. The van der Waals surface area contributed by atoms with Crippen LogP contribution in [0.5, 0.6) is 0 Å². The second-order valence-electron chi connectivity index (χ2n) is 4.53. The van der Waals surface area contributed by atoms with E-state index in [1.807, 2.05) is 42.6 Å². The van der Waals surface area contributed by atoms with E-state index in [2.05, 4.69) is 21.0 Å². The van der Waals surface area contributed by atoms with Gasteiger partial charge in [0.1, 0.15) is 11.1 Å². The predicted molar refractivity (Wildman–Crippen MR) is 86.0 cm³/mol. The molecule has 0 unspecified atom stereocenters. The molecule has 3 heterocycles. The minimum absolute atomic E-state index is 0.577. The van der Waals surface area contributed by atoms with Crippen molar-refractivity contribution in [3.8, 4) is 17.5 Å². The number of thioether (sulfide) groups is 1. The highest BCUT2D eigenvalue weighted by atomic mass is 32.2. The largest absolute Gasteiger partial charge is 0.264 e. The first-order chi connectivity index (χ1) is 10.9.